The van der Waals surface area contributed by atoms with Crippen molar-refractivity contribution in [3.63, 3.8) is 0 Å². The van der Waals surface area contributed by atoms with Gasteiger partial charge in [0.05, 0.1) is 6.61 Å². The Labute approximate surface area is 88.1 Å². The van der Waals surface area contributed by atoms with Crippen molar-refractivity contribution >= 4 is 5.91 Å². The van der Waals surface area contributed by atoms with Crippen molar-refractivity contribution in [3.05, 3.63) is 29.8 Å². The summed E-state index contributed by atoms with van der Waals surface area (Å²) in [6.45, 7) is 2.59. The molecule has 1 aliphatic rings. The van der Waals surface area contributed by atoms with Gasteiger partial charge in [-0.25, -0.2) is 0 Å². The summed E-state index contributed by atoms with van der Waals surface area (Å²) in [4.78, 5) is 12.9. The summed E-state index contributed by atoms with van der Waals surface area (Å²) in [5.74, 6) is 0.122. The van der Waals surface area contributed by atoms with Crippen LogP contribution >= 0.6 is 0 Å². The van der Waals surface area contributed by atoms with Crippen LogP contribution < -0.4 is 0 Å². The quantitative estimate of drug-likeness (QED) is 0.754. The maximum absolute atomic E-state index is 11.3. The smallest absolute Gasteiger partial charge is 0.221 e. The third kappa shape index (κ3) is 1.80. The Kier molecular flexibility index (Phi) is 2.60. The number of phenols is 1. The first-order chi connectivity index (χ1) is 7.20. The zero-order valence-electron chi connectivity index (χ0n) is 8.51. The van der Waals surface area contributed by atoms with Gasteiger partial charge in [-0.1, -0.05) is 18.2 Å². The first-order valence-corrected chi connectivity index (χ1v) is 4.87. The first kappa shape index (κ1) is 9.98. The second-order valence-corrected chi connectivity index (χ2v) is 3.49. The number of amides is 1. The molecule has 0 unspecified atom stereocenters. The zero-order valence-corrected chi connectivity index (χ0v) is 8.51. The fourth-order valence-corrected chi connectivity index (χ4v) is 1.75. The van der Waals surface area contributed by atoms with Crippen LogP contribution in [0.25, 0.3) is 0 Å². The van der Waals surface area contributed by atoms with E-state index in [2.05, 4.69) is 0 Å². The van der Waals surface area contributed by atoms with Gasteiger partial charge in [0.15, 0.2) is 6.23 Å². The monoisotopic (exact) mass is 207 g/mol. The molecule has 1 amide bonds. The molecule has 2 rings (SSSR count). The summed E-state index contributed by atoms with van der Waals surface area (Å²) in [6.07, 6.45) is -0.441. The SMILES string of the molecule is CC(=O)N1CCO[C@@H]1c1ccccc1O. The van der Waals surface area contributed by atoms with Gasteiger partial charge in [0.25, 0.3) is 0 Å². The summed E-state index contributed by atoms with van der Waals surface area (Å²) in [6, 6.07) is 6.91. The molecule has 0 spiro atoms. The van der Waals surface area contributed by atoms with E-state index in [-0.39, 0.29) is 11.7 Å². The molecule has 1 aromatic rings. The summed E-state index contributed by atoms with van der Waals surface area (Å²) in [5.41, 5.74) is 0.644. The van der Waals surface area contributed by atoms with Crippen molar-refractivity contribution in [1.82, 2.24) is 4.90 Å². The van der Waals surface area contributed by atoms with Gasteiger partial charge < -0.3 is 14.7 Å². The van der Waals surface area contributed by atoms with Gasteiger partial charge in [-0.15, -0.1) is 0 Å². The number of benzene rings is 1. The molecule has 1 heterocycles. The Balaban J connectivity index is 2.30. The Morgan fingerprint density at radius 3 is 2.93 bits per heavy atom. The van der Waals surface area contributed by atoms with Gasteiger partial charge in [0.1, 0.15) is 5.75 Å². The predicted octanol–water partition coefficient (Wildman–Crippen LogP) is 1.27. The number of para-hydroxylation sites is 1. The summed E-state index contributed by atoms with van der Waals surface area (Å²) in [5, 5.41) is 9.65. The van der Waals surface area contributed by atoms with Gasteiger partial charge in [0.2, 0.25) is 5.91 Å². The molecule has 80 valence electrons. The highest BCUT2D eigenvalue weighted by atomic mass is 16.5. The Morgan fingerprint density at radius 2 is 2.27 bits per heavy atom. The summed E-state index contributed by atoms with van der Waals surface area (Å²) >= 11 is 0. The highest BCUT2D eigenvalue weighted by molar-refractivity contribution is 5.74. The number of carbonyl (C=O) groups is 1. The molecule has 0 bridgehead atoms. The van der Waals surface area contributed by atoms with E-state index in [1.165, 1.54) is 6.92 Å². The molecular formula is C11H13NO3. The minimum atomic E-state index is -0.441. The lowest BCUT2D eigenvalue weighted by Gasteiger charge is -2.22. The fraction of sp³-hybridized carbons (Fsp3) is 0.364. The average molecular weight is 207 g/mol. The standard InChI is InChI=1S/C11H13NO3/c1-8(13)12-6-7-15-11(12)9-4-2-3-5-10(9)14/h2-5,11,14H,6-7H2,1H3/t11-/m1/s1. The zero-order chi connectivity index (χ0) is 10.8. The molecule has 0 aromatic heterocycles. The normalized spacial score (nSPS) is 20.6. The van der Waals surface area contributed by atoms with Crippen LogP contribution in [0.4, 0.5) is 0 Å². The predicted molar refractivity (Wildman–Crippen MR) is 54.2 cm³/mol. The van der Waals surface area contributed by atoms with Crippen LogP contribution in [0.1, 0.15) is 18.7 Å². The largest absolute Gasteiger partial charge is 0.507 e. The fourth-order valence-electron chi connectivity index (χ4n) is 1.75. The van der Waals surface area contributed by atoms with Gasteiger partial charge in [0, 0.05) is 19.0 Å². The number of hydrogen-bond donors (Lipinski definition) is 1. The second kappa shape index (κ2) is 3.90. The van der Waals surface area contributed by atoms with Gasteiger partial charge in [-0.2, -0.15) is 0 Å². The average Bonchev–Trinajstić information content (AvgIpc) is 2.67. The van der Waals surface area contributed by atoms with Gasteiger partial charge in [-0.3, -0.25) is 4.79 Å². The molecule has 1 atom stereocenters. The van der Waals surface area contributed by atoms with Crippen LogP contribution in [0, 0.1) is 0 Å². The Hall–Kier alpha value is -1.55. The number of nitrogens with zero attached hydrogens (tertiary/aromatic N) is 1. The third-order valence-electron chi connectivity index (χ3n) is 2.50. The van der Waals surface area contributed by atoms with E-state index in [0.29, 0.717) is 18.7 Å². The van der Waals surface area contributed by atoms with Crippen LogP contribution in [0.5, 0.6) is 5.75 Å². The Bertz CT molecular complexity index is 378. The molecule has 0 aliphatic carbocycles. The van der Waals surface area contributed by atoms with E-state index >= 15 is 0 Å². The van der Waals surface area contributed by atoms with Crippen molar-refractivity contribution in [2.24, 2.45) is 0 Å². The first-order valence-electron chi connectivity index (χ1n) is 4.87. The van der Waals surface area contributed by atoms with Crippen LogP contribution in [0.2, 0.25) is 0 Å². The molecule has 1 saturated heterocycles. The van der Waals surface area contributed by atoms with Crippen molar-refractivity contribution in [2.45, 2.75) is 13.2 Å². The van der Waals surface area contributed by atoms with E-state index in [9.17, 15) is 9.90 Å². The molecule has 1 fully saturated rings. The van der Waals surface area contributed by atoms with Crippen LogP contribution in [-0.4, -0.2) is 29.1 Å². The number of aromatic hydroxyl groups is 1. The van der Waals surface area contributed by atoms with Crippen molar-refractivity contribution < 1.29 is 14.6 Å². The topological polar surface area (TPSA) is 49.8 Å². The lowest BCUT2D eigenvalue weighted by atomic mass is 10.1. The molecule has 1 aliphatic heterocycles. The van der Waals surface area contributed by atoms with Crippen molar-refractivity contribution in [3.8, 4) is 5.75 Å². The minimum Gasteiger partial charge on any atom is -0.507 e. The van der Waals surface area contributed by atoms with Gasteiger partial charge >= 0.3 is 0 Å². The van der Waals surface area contributed by atoms with E-state index in [1.807, 2.05) is 6.07 Å². The number of rotatable bonds is 1. The molecular weight excluding hydrogens is 194 g/mol. The van der Waals surface area contributed by atoms with Crippen LogP contribution in [-0.2, 0) is 9.53 Å². The van der Waals surface area contributed by atoms with Crippen LogP contribution in [0.15, 0.2) is 24.3 Å². The summed E-state index contributed by atoms with van der Waals surface area (Å²) in [7, 11) is 0. The second-order valence-electron chi connectivity index (χ2n) is 3.49. The summed E-state index contributed by atoms with van der Waals surface area (Å²) < 4.78 is 5.44. The Morgan fingerprint density at radius 1 is 1.53 bits per heavy atom. The van der Waals surface area contributed by atoms with E-state index in [4.69, 9.17) is 4.74 Å². The van der Waals surface area contributed by atoms with Crippen LogP contribution in [0.3, 0.4) is 0 Å². The molecule has 15 heavy (non-hydrogen) atoms. The molecule has 1 aromatic carbocycles. The maximum atomic E-state index is 11.3. The maximum Gasteiger partial charge on any atom is 0.221 e. The lowest BCUT2D eigenvalue weighted by Crippen LogP contribution is -2.28. The lowest BCUT2D eigenvalue weighted by molar-refractivity contribution is -0.133. The van der Waals surface area contributed by atoms with E-state index in [0.717, 1.165) is 0 Å². The molecule has 0 radical (unpaired) electrons. The number of hydrogen-bond acceptors (Lipinski definition) is 3. The van der Waals surface area contributed by atoms with Crippen molar-refractivity contribution in [1.29, 1.82) is 0 Å². The van der Waals surface area contributed by atoms with Crippen molar-refractivity contribution in [2.75, 3.05) is 13.2 Å². The van der Waals surface area contributed by atoms with E-state index in [1.54, 1.807) is 23.1 Å². The highest BCUT2D eigenvalue weighted by Gasteiger charge is 2.30. The number of carbonyl (C=O) groups excluding carboxylic acids is 1. The molecule has 0 saturated carbocycles. The highest BCUT2D eigenvalue weighted by Crippen LogP contribution is 2.32. The molecule has 1 N–H and O–H groups in total. The number of ether oxygens (including phenoxy) is 1. The molecule has 4 nitrogen and oxygen atoms in total. The third-order valence-corrected chi connectivity index (χ3v) is 2.50. The molecule has 4 heteroatoms. The minimum absolute atomic E-state index is 0.0410. The van der Waals surface area contributed by atoms with Gasteiger partial charge in [-0.05, 0) is 6.07 Å². The van der Waals surface area contributed by atoms with E-state index < -0.39 is 6.23 Å². The number of phenolic OH excluding ortho intramolecular Hbond substituents is 1.